The fourth-order valence-corrected chi connectivity index (χ4v) is 3.32. The normalized spacial score (nSPS) is 16.2. The van der Waals surface area contributed by atoms with Crippen LogP contribution < -0.4 is 10.5 Å². The van der Waals surface area contributed by atoms with Gasteiger partial charge in [0.05, 0.1) is 18.6 Å². The average Bonchev–Trinajstić information content (AvgIpc) is 3.08. The molecule has 0 unspecified atom stereocenters. The average molecular weight is 365 g/mol. The minimum Gasteiger partial charge on any atom is -0.504 e. The van der Waals surface area contributed by atoms with Gasteiger partial charge in [-0.2, -0.15) is 0 Å². The summed E-state index contributed by atoms with van der Waals surface area (Å²) in [6.45, 7) is -0.00214. The zero-order valence-corrected chi connectivity index (χ0v) is 13.9. The summed E-state index contributed by atoms with van der Waals surface area (Å²) in [5, 5.41) is 13.6. The molecule has 1 aliphatic rings. The van der Waals surface area contributed by atoms with Gasteiger partial charge >= 0.3 is 5.76 Å². The fraction of sp³-hybridized carbons (Fsp3) is 0.143. The number of para-hydroxylation sites is 1. The number of aromatic hydroxyl groups is 1. The highest BCUT2D eigenvalue weighted by molar-refractivity contribution is 8.26. The molecule has 0 bridgehead atoms. The van der Waals surface area contributed by atoms with Gasteiger partial charge in [0.25, 0.3) is 5.91 Å². The summed E-state index contributed by atoms with van der Waals surface area (Å²) in [5.41, 5.74) is 0.435. The molecule has 2 aromatic rings. The zero-order valence-electron chi connectivity index (χ0n) is 12.3. The van der Waals surface area contributed by atoms with E-state index in [2.05, 4.69) is 14.7 Å². The minimum absolute atomic E-state index is 0.00214. The van der Waals surface area contributed by atoms with Crippen LogP contribution >= 0.6 is 24.0 Å². The van der Waals surface area contributed by atoms with Crippen molar-refractivity contribution in [3.63, 3.8) is 0 Å². The van der Waals surface area contributed by atoms with Crippen LogP contribution in [0.2, 0.25) is 0 Å². The predicted octanol–water partition coefficient (Wildman–Crippen LogP) is 1.48. The molecule has 1 amide bonds. The molecule has 8 nitrogen and oxygen atoms in total. The van der Waals surface area contributed by atoms with E-state index in [1.54, 1.807) is 18.2 Å². The molecule has 1 fully saturated rings. The van der Waals surface area contributed by atoms with Gasteiger partial charge in [-0.05, 0) is 12.1 Å². The van der Waals surface area contributed by atoms with Gasteiger partial charge in [0.15, 0.2) is 17.3 Å². The molecule has 124 valence electrons. The Kier molecular flexibility index (Phi) is 4.40. The zero-order chi connectivity index (χ0) is 17.3. The molecular formula is C14H11N3O5S2. The summed E-state index contributed by atoms with van der Waals surface area (Å²) in [6, 6.07) is 4.96. The summed E-state index contributed by atoms with van der Waals surface area (Å²) in [4.78, 5) is 27.4. The Labute approximate surface area is 145 Å². The first-order valence-electron chi connectivity index (χ1n) is 6.66. The number of H-pyrrole nitrogens is 1. The number of rotatable bonds is 4. The molecule has 0 atom stereocenters. The maximum absolute atomic E-state index is 12.5. The Bertz CT molecular complexity index is 902. The Hall–Kier alpha value is -2.59. The molecule has 10 heteroatoms. The first-order chi connectivity index (χ1) is 11.5. The van der Waals surface area contributed by atoms with Crippen molar-refractivity contribution >= 4 is 40.3 Å². The minimum atomic E-state index is -0.702. The van der Waals surface area contributed by atoms with Gasteiger partial charge in [-0.15, -0.1) is 0 Å². The number of hydrogen-bond donors (Lipinski definition) is 2. The third-order valence-corrected chi connectivity index (χ3v) is 4.58. The van der Waals surface area contributed by atoms with E-state index in [1.165, 1.54) is 18.1 Å². The molecule has 1 saturated heterocycles. The molecule has 1 aromatic heterocycles. The fourth-order valence-electron chi connectivity index (χ4n) is 2.08. The number of nitrogens with zero attached hydrogens (tertiary/aromatic N) is 2. The number of benzene rings is 1. The molecule has 1 aliphatic heterocycles. The van der Waals surface area contributed by atoms with Crippen molar-refractivity contribution in [2.24, 2.45) is 0 Å². The maximum atomic E-state index is 12.5. The maximum Gasteiger partial charge on any atom is 0.438 e. The number of carbonyl (C=O) groups excluding carboxylic acids is 1. The first-order valence-corrected chi connectivity index (χ1v) is 7.88. The Morgan fingerprint density at radius 2 is 2.29 bits per heavy atom. The number of carbonyl (C=O) groups is 1. The van der Waals surface area contributed by atoms with Gasteiger partial charge < -0.3 is 9.84 Å². The van der Waals surface area contributed by atoms with E-state index in [4.69, 9.17) is 17.0 Å². The highest BCUT2D eigenvalue weighted by Crippen LogP contribution is 2.37. The molecule has 0 aliphatic carbocycles. The molecule has 1 aromatic carbocycles. The van der Waals surface area contributed by atoms with Crippen LogP contribution in [0.1, 0.15) is 11.4 Å². The largest absolute Gasteiger partial charge is 0.504 e. The lowest BCUT2D eigenvalue weighted by molar-refractivity contribution is -0.122. The molecular weight excluding hydrogens is 354 g/mol. The molecule has 3 rings (SSSR count). The van der Waals surface area contributed by atoms with Gasteiger partial charge in [-0.1, -0.05) is 41.3 Å². The lowest BCUT2D eigenvalue weighted by Gasteiger charge is -2.11. The van der Waals surface area contributed by atoms with E-state index in [9.17, 15) is 14.7 Å². The molecule has 2 heterocycles. The number of aromatic amines is 1. The summed E-state index contributed by atoms with van der Waals surface area (Å²) >= 11 is 6.28. The molecule has 24 heavy (non-hydrogen) atoms. The van der Waals surface area contributed by atoms with Crippen LogP contribution in [0, 0.1) is 0 Å². The van der Waals surface area contributed by atoms with Crippen LogP contribution in [0.15, 0.2) is 32.4 Å². The van der Waals surface area contributed by atoms with E-state index >= 15 is 0 Å². The number of aromatic nitrogens is 2. The third kappa shape index (κ3) is 3.05. The summed E-state index contributed by atoms with van der Waals surface area (Å²) < 4.78 is 9.76. The molecule has 0 radical (unpaired) electrons. The SMILES string of the molecule is COc1cccc(/C=C2\SC(=S)N(Cc3noc(=O)[nH]3)C2=O)c1O. The van der Waals surface area contributed by atoms with Crippen LogP contribution in [-0.4, -0.2) is 37.5 Å². The molecule has 0 saturated carbocycles. The topological polar surface area (TPSA) is 109 Å². The summed E-state index contributed by atoms with van der Waals surface area (Å²) in [7, 11) is 1.44. The second kappa shape index (κ2) is 6.49. The van der Waals surface area contributed by atoms with Crippen LogP contribution in [0.4, 0.5) is 0 Å². The van der Waals surface area contributed by atoms with Gasteiger partial charge in [0.2, 0.25) is 0 Å². The first kappa shape index (κ1) is 16.3. The number of thiocarbonyl (C=S) groups is 1. The van der Waals surface area contributed by atoms with Gasteiger partial charge in [-0.3, -0.25) is 19.2 Å². The highest BCUT2D eigenvalue weighted by atomic mass is 32.2. The van der Waals surface area contributed by atoms with Crippen LogP contribution in [0.5, 0.6) is 11.5 Å². The van der Waals surface area contributed by atoms with Crippen molar-refractivity contribution in [2.75, 3.05) is 7.11 Å². The Morgan fingerprint density at radius 3 is 2.96 bits per heavy atom. The number of methoxy groups -OCH3 is 1. The van der Waals surface area contributed by atoms with Crippen molar-refractivity contribution in [2.45, 2.75) is 6.54 Å². The number of hydrogen-bond acceptors (Lipinski definition) is 8. The van der Waals surface area contributed by atoms with Crippen molar-refractivity contribution in [3.8, 4) is 11.5 Å². The Morgan fingerprint density at radius 1 is 1.50 bits per heavy atom. The quantitative estimate of drug-likeness (QED) is 0.619. The second-order valence-electron chi connectivity index (χ2n) is 4.71. The van der Waals surface area contributed by atoms with Crippen LogP contribution in [-0.2, 0) is 11.3 Å². The second-order valence-corrected chi connectivity index (χ2v) is 6.38. The van der Waals surface area contributed by atoms with E-state index in [1.807, 2.05) is 0 Å². The third-order valence-electron chi connectivity index (χ3n) is 3.20. The van der Waals surface area contributed by atoms with Gasteiger partial charge in [0, 0.05) is 5.56 Å². The number of thioether (sulfide) groups is 1. The van der Waals surface area contributed by atoms with Crippen molar-refractivity contribution in [1.29, 1.82) is 0 Å². The number of nitrogens with one attached hydrogen (secondary N) is 1. The standard InChI is InChI=1S/C14H11N3O5S2/c1-21-8-4-2-3-7(11(8)18)5-9-12(19)17(14(23)24-9)6-10-15-13(20)22-16-10/h2-5,18H,6H2,1H3,(H,15,16,20)/b9-5-. The molecule has 2 N–H and O–H groups in total. The lowest BCUT2D eigenvalue weighted by atomic mass is 10.1. The summed E-state index contributed by atoms with van der Waals surface area (Å²) in [5.74, 6) is -0.615. The monoisotopic (exact) mass is 365 g/mol. The number of phenols is 1. The van der Waals surface area contributed by atoms with Crippen molar-refractivity contribution < 1.29 is 19.2 Å². The number of phenolic OH excluding ortho intramolecular Hbond substituents is 1. The van der Waals surface area contributed by atoms with E-state index in [0.717, 1.165) is 11.8 Å². The number of amides is 1. The van der Waals surface area contributed by atoms with Crippen molar-refractivity contribution in [3.05, 3.63) is 45.0 Å². The van der Waals surface area contributed by atoms with E-state index in [-0.39, 0.29) is 24.0 Å². The van der Waals surface area contributed by atoms with Gasteiger partial charge in [-0.25, -0.2) is 4.79 Å². The van der Waals surface area contributed by atoms with Crippen LogP contribution in [0.3, 0.4) is 0 Å². The van der Waals surface area contributed by atoms with Crippen LogP contribution in [0.25, 0.3) is 6.08 Å². The lowest BCUT2D eigenvalue weighted by Crippen LogP contribution is -2.28. The van der Waals surface area contributed by atoms with E-state index < -0.39 is 5.76 Å². The highest BCUT2D eigenvalue weighted by Gasteiger charge is 2.33. The van der Waals surface area contributed by atoms with Gasteiger partial charge in [0.1, 0.15) is 4.32 Å². The Balaban J connectivity index is 1.87. The van der Waals surface area contributed by atoms with E-state index in [0.29, 0.717) is 20.5 Å². The van der Waals surface area contributed by atoms with Crippen molar-refractivity contribution in [1.82, 2.24) is 15.0 Å². The predicted molar refractivity (Wildman–Crippen MR) is 90.5 cm³/mol. The molecule has 0 spiro atoms. The smallest absolute Gasteiger partial charge is 0.438 e. The number of ether oxygens (including phenoxy) is 1. The summed E-state index contributed by atoms with van der Waals surface area (Å²) in [6.07, 6.45) is 1.53.